The summed E-state index contributed by atoms with van der Waals surface area (Å²) >= 11 is 0. The Labute approximate surface area is 109 Å². The predicted octanol–water partition coefficient (Wildman–Crippen LogP) is 3.65. The lowest BCUT2D eigenvalue weighted by molar-refractivity contribution is 0.282. The number of nitrogens with zero attached hydrogens (tertiary/aromatic N) is 1. The van der Waals surface area contributed by atoms with Gasteiger partial charge in [0, 0.05) is 23.5 Å². The Bertz CT molecular complexity index is 522. The first-order valence-electron chi connectivity index (χ1n) is 6.29. The van der Waals surface area contributed by atoms with E-state index in [9.17, 15) is 5.11 Å². The molecular weight excluding hydrogens is 222 g/mol. The van der Waals surface area contributed by atoms with Gasteiger partial charge < -0.3 is 10.0 Å². The number of hydrogen-bond donors (Lipinski definition) is 1. The summed E-state index contributed by atoms with van der Waals surface area (Å²) in [6.45, 7) is 5.16. The minimum Gasteiger partial charge on any atom is -0.392 e. The number of benzene rings is 2. The highest BCUT2D eigenvalue weighted by Gasteiger charge is 2.10. The molecule has 0 bridgehead atoms. The van der Waals surface area contributed by atoms with Crippen molar-refractivity contribution in [2.24, 2.45) is 0 Å². The van der Waals surface area contributed by atoms with Crippen LogP contribution in [0.3, 0.4) is 0 Å². The molecule has 2 nitrogen and oxygen atoms in total. The second-order valence-corrected chi connectivity index (χ2v) is 4.37. The molecule has 2 aromatic rings. The van der Waals surface area contributed by atoms with Crippen molar-refractivity contribution in [2.75, 3.05) is 11.4 Å². The summed E-state index contributed by atoms with van der Waals surface area (Å²) in [6.07, 6.45) is 0. The van der Waals surface area contributed by atoms with Gasteiger partial charge in [-0.05, 0) is 37.6 Å². The number of aliphatic hydroxyl groups is 1. The highest BCUT2D eigenvalue weighted by molar-refractivity contribution is 5.66. The lowest BCUT2D eigenvalue weighted by Crippen LogP contribution is -2.17. The molecule has 94 valence electrons. The zero-order valence-electron chi connectivity index (χ0n) is 10.9. The van der Waals surface area contributed by atoms with Gasteiger partial charge >= 0.3 is 0 Å². The van der Waals surface area contributed by atoms with Crippen molar-refractivity contribution in [1.82, 2.24) is 0 Å². The van der Waals surface area contributed by atoms with E-state index in [0.29, 0.717) is 0 Å². The Morgan fingerprint density at radius 3 is 2.50 bits per heavy atom. The zero-order chi connectivity index (χ0) is 13.0. The van der Waals surface area contributed by atoms with E-state index in [0.717, 1.165) is 17.8 Å². The van der Waals surface area contributed by atoms with Gasteiger partial charge in [-0.15, -0.1) is 0 Å². The molecule has 0 atom stereocenters. The smallest absolute Gasteiger partial charge is 0.0702 e. The number of aryl methyl sites for hydroxylation is 1. The highest BCUT2D eigenvalue weighted by Crippen LogP contribution is 2.28. The lowest BCUT2D eigenvalue weighted by Gasteiger charge is -2.25. The van der Waals surface area contributed by atoms with Crippen LogP contribution >= 0.6 is 0 Å². The molecule has 0 fully saturated rings. The van der Waals surface area contributed by atoms with Crippen molar-refractivity contribution in [3.8, 4) is 0 Å². The fraction of sp³-hybridized carbons (Fsp3) is 0.250. The van der Waals surface area contributed by atoms with Gasteiger partial charge in [0.05, 0.1) is 6.61 Å². The van der Waals surface area contributed by atoms with Crippen LogP contribution in [0.2, 0.25) is 0 Å². The molecule has 18 heavy (non-hydrogen) atoms. The molecule has 0 radical (unpaired) electrons. The maximum absolute atomic E-state index is 9.44. The molecule has 0 amide bonds. The second-order valence-electron chi connectivity index (χ2n) is 4.37. The fourth-order valence-electron chi connectivity index (χ4n) is 2.20. The lowest BCUT2D eigenvalue weighted by atomic mass is 10.1. The molecule has 0 saturated carbocycles. The summed E-state index contributed by atoms with van der Waals surface area (Å²) in [5.74, 6) is 0. The summed E-state index contributed by atoms with van der Waals surface area (Å²) in [6, 6.07) is 16.4. The van der Waals surface area contributed by atoms with Crippen molar-refractivity contribution < 1.29 is 5.11 Å². The van der Waals surface area contributed by atoms with E-state index >= 15 is 0 Å². The van der Waals surface area contributed by atoms with E-state index in [1.54, 1.807) is 0 Å². The van der Waals surface area contributed by atoms with Gasteiger partial charge in [-0.3, -0.25) is 0 Å². The topological polar surface area (TPSA) is 23.5 Å². The molecule has 0 unspecified atom stereocenters. The molecule has 0 aliphatic carbocycles. The van der Waals surface area contributed by atoms with Gasteiger partial charge in [-0.1, -0.05) is 30.3 Å². The Hall–Kier alpha value is -1.80. The van der Waals surface area contributed by atoms with Crippen LogP contribution in [0.5, 0.6) is 0 Å². The zero-order valence-corrected chi connectivity index (χ0v) is 10.9. The van der Waals surface area contributed by atoms with Gasteiger partial charge in [0.25, 0.3) is 0 Å². The number of aliphatic hydroxyl groups excluding tert-OH is 1. The first-order chi connectivity index (χ1) is 8.76. The Balaban J connectivity index is 2.45. The monoisotopic (exact) mass is 241 g/mol. The summed E-state index contributed by atoms with van der Waals surface area (Å²) in [5, 5.41) is 9.44. The summed E-state index contributed by atoms with van der Waals surface area (Å²) in [4.78, 5) is 2.22. The van der Waals surface area contributed by atoms with E-state index < -0.39 is 0 Å². The predicted molar refractivity (Wildman–Crippen MR) is 76.2 cm³/mol. The van der Waals surface area contributed by atoms with Crippen LogP contribution in [0.15, 0.2) is 48.5 Å². The minimum atomic E-state index is 0.0679. The van der Waals surface area contributed by atoms with Gasteiger partial charge in [-0.25, -0.2) is 0 Å². The summed E-state index contributed by atoms with van der Waals surface area (Å²) in [5.41, 5.74) is 4.44. The van der Waals surface area contributed by atoms with Crippen LogP contribution in [0, 0.1) is 6.92 Å². The second kappa shape index (κ2) is 5.69. The van der Waals surface area contributed by atoms with Crippen LogP contribution in [0.4, 0.5) is 11.4 Å². The number of anilines is 2. The number of rotatable bonds is 4. The maximum Gasteiger partial charge on any atom is 0.0702 e. The van der Waals surface area contributed by atoms with E-state index in [1.165, 1.54) is 11.3 Å². The van der Waals surface area contributed by atoms with Crippen molar-refractivity contribution in [3.05, 3.63) is 59.7 Å². The molecule has 2 heteroatoms. The van der Waals surface area contributed by atoms with Crippen molar-refractivity contribution in [1.29, 1.82) is 0 Å². The maximum atomic E-state index is 9.44. The molecule has 0 aliphatic heterocycles. The van der Waals surface area contributed by atoms with E-state index in [-0.39, 0.29) is 6.61 Å². The van der Waals surface area contributed by atoms with Crippen molar-refractivity contribution in [3.63, 3.8) is 0 Å². The summed E-state index contributed by atoms with van der Waals surface area (Å²) < 4.78 is 0. The van der Waals surface area contributed by atoms with E-state index in [2.05, 4.69) is 49.1 Å². The SMILES string of the molecule is CCN(c1cccc(C)c1)c1ccccc1CO. The third-order valence-corrected chi connectivity index (χ3v) is 3.08. The molecular formula is C16H19NO. The first-order valence-corrected chi connectivity index (χ1v) is 6.29. The fourth-order valence-corrected chi connectivity index (χ4v) is 2.20. The average Bonchev–Trinajstić information content (AvgIpc) is 2.40. The van der Waals surface area contributed by atoms with Crippen LogP contribution in [-0.4, -0.2) is 11.7 Å². The third-order valence-electron chi connectivity index (χ3n) is 3.08. The molecule has 0 spiro atoms. The van der Waals surface area contributed by atoms with Gasteiger partial charge in [0.2, 0.25) is 0 Å². The molecule has 1 N–H and O–H groups in total. The van der Waals surface area contributed by atoms with Crippen molar-refractivity contribution in [2.45, 2.75) is 20.5 Å². The van der Waals surface area contributed by atoms with Gasteiger partial charge in [-0.2, -0.15) is 0 Å². The van der Waals surface area contributed by atoms with Gasteiger partial charge in [0.15, 0.2) is 0 Å². The quantitative estimate of drug-likeness (QED) is 0.883. The largest absolute Gasteiger partial charge is 0.392 e. The van der Waals surface area contributed by atoms with E-state index in [4.69, 9.17) is 0 Å². The summed E-state index contributed by atoms with van der Waals surface area (Å²) in [7, 11) is 0. The Kier molecular flexibility index (Phi) is 4.00. The Morgan fingerprint density at radius 2 is 1.83 bits per heavy atom. The Morgan fingerprint density at radius 1 is 1.06 bits per heavy atom. The molecule has 0 saturated heterocycles. The number of para-hydroxylation sites is 1. The average molecular weight is 241 g/mol. The normalized spacial score (nSPS) is 10.4. The molecule has 2 aromatic carbocycles. The highest BCUT2D eigenvalue weighted by atomic mass is 16.3. The van der Waals surface area contributed by atoms with E-state index in [1.807, 2.05) is 18.2 Å². The van der Waals surface area contributed by atoms with Crippen LogP contribution in [0.25, 0.3) is 0 Å². The first kappa shape index (κ1) is 12.7. The van der Waals surface area contributed by atoms with Crippen LogP contribution in [0.1, 0.15) is 18.1 Å². The van der Waals surface area contributed by atoms with Crippen LogP contribution < -0.4 is 4.90 Å². The minimum absolute atomic E-state index is 0.0679. The molecule has 0 aliphatic rings. The van der Waals surface area contributed by atoms with Gasteiger partial charge in [0.1, 0.15) is 0 Å². The third kappa shape index (κ3) is 2.54. The molecule has 0 aromatic heterocycles. The standard InChI is InChI=1S/C16H19NO/c1-3-17(15-9-6-7-13(2)11-15)16-10-5-4-8-14(16)12-18/h4-11,18H,3,12H2,1-2H3. The number of hydrogen-bond acceptors (Lipinski definition) is 2. The molecule has 2 rings (SSSR count). The molecule has 0 heterocycles. The van der Waals surface area contributed by atoms with Crippen LogP contribution in [-0.2, 0) is 6.61 Å². The van der Waals surface area contributed by atoms with Crippen molar-refractivity contribution >= 4 is 11.4 Å².